The number of benzene rings is 1. The second kappa shape index (κ2) is 7.92. The Morgan fingerprint density at radius 1 is 1.21 bits per heavy atom. The third-order valence-electron chi connectivity index (χ3n) is 3.20. The zero-order chi connectivity index (χ0) is 17.5. The van der Waals surface area contributed by atoms with Gasteiger partial charge in [0.15, 0.2) is 0 Å². The zero-order valence-corrected chi connectivity index (χ0v) is 13.8. The van der Waals surface area contributed by atoms with E-state index in [0.717, 1.165) is 0 Å². The number of hydrogen-bond acceptors (Lipinski definition) is 4. The summed E-state index contributed by atoms with van der Waals surface area (Å²) in [5.41, 5.74) is 1.57. The fourth-order valence-corrected chi connectivity index (χ4v) is 2.01. The van der Waals surface area contributed by atoms with Gasteiger partial charge in [-0.15, -0.1) is 0 Å². The predicted octanol–water partition coefficient (Wildman–Crippen LogP) is 2.44. The summed E-state index contributed by atoms with van der Waals surface area (Å²) in [4.78, 5) is 29.7. The molecule has 0 unspecified atom stereocenters. The summed E-state index contributed by atoms with van der Waals surface area (Å²) >= 11 is 0. The van der Waals surface area contributed by atoms with Crippen molar-refractivity contribution in [2.75, 3.05) is 26.5 Å². The zero-order valence-electron chi connectivity index (χ0n) is 13.8. The van der Waals surface area contributed by atoms with E-state index in [4.69, 9.17) is 4.74 Å². The van der Waals surface area contributed by atoms with Gasteiger partial charge in [-0.1, -0.05) is 6.07 Å². The van der Waals surface area contributed by atoms with Crippen LogP contribution in [0.1, 0.15) is 16.1 Å². The van der Waals surface area contributed by atoms with Crippen LogP contribution in [0, 0.1) is 0 Å². The van der Waals surface area contributed by atoms with E-state index in [2.05, 4.69) is 10.3 Å². The summed E-state index contributed by atoms with van der Waals surface area (Å²) in [5, 5.41) is 2.72. The Hall–Kier alpha value is -3.15. The van der Waals surface area contributed by atoms with Gasteiger partial charge in [-0.3, -0.25) is 14.6 Å². The van der Waals surface area contributed by atoms with Crippen LogP contribution in [0.15, 0.2) is 48.7 Å². The molecule has 24 heavy (non-hydrogen) atoms. The number of carbonyl (C=O) groups excluding carboxylic acids is 2. The molecule has 0 aliphatic carbocycles. The molecule has 6 nitrogen and oxygen atoms in total. The topological polar surface area (TPSA) is 71.5 Å². The van der Waals surface area contributed by atoms with Crippen molar-refractivity contribution in [2.24, 2.45) is 0 Å². The highest BCUT2D eigenvalue weighted by atomic mass is 16.5. The van der Waals surface area contributed by atoms with E-state index in [1.165, 1.54) is 18.1 Å². The van der Waals surface area contributed by atoms with E-state index in [0.29, 0.717) is 22.7 Å². The molecule has 1 aromatic carbocycles. The molecule has 2 aromatic rings. The Kier molecular flexibility index (Phi) is 5.68. The molecule has 1 heterocycles. The Morgan fingerprint density at radius 2 is 2.00 bits per heavy atom. The van der Waals surface area contributed by atoms with Gasteiger partial charge in [0, 0.05) is 31.9 Å². The molecule has 0 saturated heterocycles. The van der Waals surface area contributed by atoms with E-state index >= 15 is 0 Å². The van der Waals surface area contributed by atoms with Gasteiger partial charge in [0.25, 0.3) is 5.91 Å². The van der Waals surface area contributed by atoms with Crippen LogP contribution in [0.3, 0.4) is 0 Å². The highest BCUT2D eigenvalue weighted by Gasteiger charge is 2.12. The lowest BCUT2D eigenvalue weighted by molar-refractivity contribution is -0.111. The first-order valence-corrected chi connectivity index (χ1v) is 7.31. The number of nitrogens with one attached hydrogen (secondary N) is 1. The molecule has 124 valence electrons. The van der Waals surface area contributed by atoms with Crippen LogP contribution in [0.4, 0.5) is 5.69 Å². The first-order valence-electron chi connectivity index (χ1n) is 7.31. The number of pyridine rings is 1. The minimum Gasteiger partial charge on any atom is -0.495 e. The smallest absolute Gasteiger partial charge is 0.253 e. The highest BCUT2D eigenvalue weighted by Crippen LogP contribution is 2.26. The van der Waals surface area contributed by atoms with Gasteiger partial charge in [-0.2, -0.15) is 0 Å². The summed E-state index contributed by atoms with van der Waals surface area (Å²) in [6.07, 6.45) is 4.63. The van der Waals surface area contributed by atoms with Gasteiger partial charge in [0.1, 0.15) is 5.75 Å². The molecular weight excluding hydrogens is 306 g/mol. The fraction of sp³-hybridized carbons (Fsp3) is 0.167. The third-order valence-corrected chi connectivity index (χ3v) is 3.20. The number of aromatic nitrogens is 1. The lowest BCUT2D eigenvalue weighted by Crippen LogP contribution is -2.22. The number of ether oxygens (including phenoxy) is 1. The summed E-state index contributed by atoms with van der Waals surface area (Å²) in [6, 6.07) is 10.3. The minimum atomic E-state index is -0.339. The van der Waals surface area contributed by atoms with Crippen molar-refractivity contribution < 1.29 is 14.3 Å². The van der Waals surface area contributed by atoms with Crippen LogP contribution < -0.4 is 10.1 Å². The Morgan fingerprint density at radius 3 is 2.62 bits per heavy atom. The SMILES string of the molecule is COc1ccc(C(=O)N(C)C)cc1NC(=O)C=Cc1ccccn1. The lowest BCUT2D eigenvalue weighted by atomic mass is 10.1. The Balaban J connectivity index is 2.18. The van der Waals surface area contributed by atoms with Gasteiger partial charge in [-0.05, 0) is 36.4 Å². The predicted molar refractivity (Wildman–Crippen MR) is 92.9 cm³/mol. The van der Waals surface area contributed by atoms with E-state index in [9.17, 15) is 9.59 Å². The number of methoxy groups -OCH3 is 1. The Labute approximate surface area is 140 Å². The van der Waals surface area contributed by atoms with Gasteiger partial charge in [0.05, 0.1) is 18.5 Å². The highest BCUT2D eigenvalue weighted by molar-refractivity contribution is 6.04. The molecule has 0 atom stereocenters. The molecule has 0 bridgehead atoms. The van der Waals surface area contributed by atoms with Crippen LogP contribution in [0.5, 0.6) is 5.75 Å². The third kappa shape index (κ3) is 4.42. The monoisotopic (exact) mass is 325 g/mol. The summed E-state index contributed by atoms with van der Waals surface area (Å²) in [5.74, 6) is -0.0181. The Bertz CT molecular complexity index is 755. The largest absolute Gasteiger partial charge is 0.495 e. The van der Waals surface area contributed by atoms with Gasteiger partial charge >= 0.3 is 0 Å². The van der Waals surface area contributed by atoms with Crippen molar-refractivity contribution in [2.45, 2.75) is 0 Å². The van der Waals surface area contributed by atoms with Crippen molar-refractivity contribution >= 4 is 23.6 Å². The maximum Gasteiger partial charge on any atom is 0.253 e. The first kappa shape index (κ1) is 17.2. The number of rotatable bonds is 5. The molecular formula is C18H19N3O3. The average Bonchev–Trinajstić information content (AvgIpc) is 2.60. The summed E-state index contributed by atoms with van der Waals surface area (Å²) in [6.45, 7) is 0. The number of hydrogen-bond donors (Lipinski definition) is 1. The average molecular weight is 325 g/mol. The van der Waals surface area contributed by atoms with E-state index in [1.807, 2.05) is 6.07 Å². The number of amides is 2. The molecule has 0 aliphatic heterocycles. The van der Waals surface area contributed by atoms with Crippen molar-refractivity contribution in [3.63, 3.8) is 0 Å². The van der Waals surface area contributed by atoms with E-state index in [-0.39, 0.29) is 11.8 Å². The molecule has 0 fully saturated rings. The summed E-state index contributed by atoms with van der Waals surface area (Å²) < 4.78 is 5.23. The van der Waals surface area contributed by atoms with Crippen LogP contribution in [0.25, 0.3) is 6.08 Å². The maximum absolute atomic E-state index is 12.1. The van der Waals surface area contributed by atoms with Gasteiger partial charge in [-0.25, -0.2) is 0 Å². The van der Waals surface area contributed by atoms with Crippen molar-refractivity contribution in [3.8, 4) is 5.75 Å². The molecule has 0 radical (unpaired) electrons. The first-order chi connectivity index (χ1) is 11.5. The molecule has 0 saturated carbocycles. The van der Waals surface area contributed by atoms with E-state index < -0.39 is 0 Å². The van der Waals surface area contributed by atoms with Crippen LogP contribution in [-0.4, -0.2) is 42.9 Å². The molecule has 2 rings (SSSR count). The second-order valence-electron chi connectivity index (χ2n) is 5.19. The molecule has 6 heteroatoms. The second-order valence-corrected chi connectivity index (χ2v) is 5.19. The molecule has 1 N–H and O–H groups in total. The summed E-state index contributed by atoms with van der Waals surface area (Å²) in [7, 11) is 4.84. The quantitative estimate of drug-likeness (QED) is 0.857. The molecule has 2 amide bonds. The van der Waals surface area contributed by atoms with Crippen LogP contribution in [-0.2, 0) is 4.79 Å². The van der Waals surface area contributed by atoms with Crippen LogP contribution in [0.2, 0.25) is 0 Å². The van der Waals surface area contributed by atoms with Crippen LogP contribution >= 0.6 is 0 Å². The van der Waals surface area contributed by atoms with Gasteiger partial charge < -0.3 is 15.0 Å². The molecule has 1 aromatic heterocycles. The lowest BCUT2D eigenvalue weighted by Gasteiger charge is -2.13. The molecule has 0 spiro atoms. The number of nitrogens with zero attached hydrogens (tertiary/aromatic N) is 2. The van der Waals surface area contributed by atoms with Crippen molar-refractivity contribution in [1.29, 1.82) is 0 Å². The normalized spacial score (nSPS) is 10.5. The standard InChI is InChI=1S/C18H19N3O3/c1-21(2)18(23)13-7-9-16(24-3)15(12-13)20-17(22)10-8-14-6-4-5-11-19-14/h4-12H,1-3H3,(H,20,22). The number of anilines is 1. The maximum atomic E-state index is 12.1. The molecule has 0 aliphatic rings. The van der Waals surface area contributed by atoms with Gasteiger partial charge in [0.2, 0.25) is 5.91 Å². The van der Waals surface area contributed by atoms with E-state index in [1.54, 1.807) is 56.7 Å². The van der Waals surface area contributed by atoms with Crippen molar-refractivity contribution in [1.82, 2.24) is 9.88 Å². The minimum absolute atomic E-state index is 0.155. The van der Waals surface area contributed by atoms with Crippen molar-refractivity contribution in [3.05, 3.63) is 59.9 Å². The number of carbonyl (C=O) groups is 2. The fourth-order valence-electron chi connectivity index (χ4n) is 2.01.